The van der Waals surface area contributed by atoms with Crippen LogP contribution < -0.4 is 5.56 Å². The summed E-state index contributed by atoms with van der Waals surface area (Å²) in [6.45, 7) is 7.28. The first-order valence-corrected chi connectivity index (χ1v) is 12.9. The Labute approximate surface area is 206 Å². The quantitative estimate of drug-likeness (QED) is 0.303. The summed E-state index contributed by atoms with van der Waals surface area (Å²) in [5.41, 5.74) is 4.19. The minimum absolute atomic E-state index is 0.0880. The molecule has 0 radical (unpaired) electrons. The smallest absolute Gasteiger partial charge is 0.268 e. The van der Waals surface area contributed by atoms with Crippen LogP contribution in [0, 0.1) is 0 Å². The zero-order chi connectivity index (χ0) is 23.7. The van der Waals surface area contributed by atoms with Gasteiger partial charge in [0.1, 0.15) is 10.5 Å². The van der Waals surface area contributed by atoms with Crippen LogP contribution in [0.1, 0.15) is 37.7 Å². The normalized spacial score (nSPS) is 11.9. The average molecular weight is 488 g/mol. The van der Waals surface area contributed by atoms with E-state index in [1.807, 2.05) is 29.6 Å². The standard InChI is InChI=1S/C26H25N5OS2/c1-26(2,3)19-11-9-18(10-12-19)23-29-30-25(31(23)15-17-7-5-4-6-8-17)34-16-21-27-20-13-14-33-22(20)24(32)28-21/h4-14H,15-16H2,1-3H3,(H,27,28,32). The van der Waals surface area contributed by atoms with E-state index in [4.69, 9.17) is 0 Å². The van der Waals surface area contributed by atoms with Crippen LogP contribution >= 0.6 is 23.1 Å². The number of fused-ring (bicyclic) bond motifs is 1. The summed E-state index contributed by atoms with van der Waals surface area (Å²) < 4.78 is 2.79. The number of benzene rings is 2. The predicted octanol–water partition coefficient (Wildman–Crippen LogP) is 5.88. The fraction of sp³-hybridized carbons (Fsp3) is 0.231. The van der Waals surface area contributed by atoms with Crippen LogP contribution in [0.25, 0.3) is 21.6 Å². The average Bonchev–Trinajstić information content (AvgIpc) is 3.45. The van der Waals surface area contributed by atoms with Gasteiger partial charge in [0, 0.05) is 5.56 Å². The second kappa shape index (κ2) is 9.19. The first-order chi connectivity index (χ1) is 16.4. The Kier molecular flexibility index (Phi) is 6.10. The van der Waals surface area contributed by atoms with E-state index >= 15 is 0 Å². The Balaban J connectivity index is 1.47. The van der Waals surface area contributed by atoms with E-state index in [1.165, 1.54) is 34.2 Å². The maximum absolute atomic E-state index is 12.3. The van der Waals surface area contributed by atoms with Crippen LogP contribution in [0.4, 0.5) is 0 Å². The molecule has 0 fully saturated rings. The molecule has 0 saturated heterocycles. The van der Waals surface area contributed by atoms with Gasteiger partial charge in [-0.15, -0.1) is 21.5 Å². The van der Waals surface area contributed by atoms with Crippen LogP contribution in [0.15, 0.2) is 76.0 Å². The minimum atomic E-state index is -0.0963. The van der Waals surface area contributed by atoms with Crippen molar-refractivity contribution < 1.29 is 0 Å². The highest BCUT2D eigenvalue weighted by atomic mass is 32.2. The Morgan fingerprint density at radius 3 is 2.50 bits per heavy atom. The number of thiophene rings is 1. The van der Waals surface area contributed by atoms with Crippen molar-refractivity contribution in [2.24, 2.45) is 0 Å². The second-order valence-electron chi connectivity index (χ2n) is 9.14. The highest BCUT2D eigenvalue weighted by molar-refractivity contribution is 7.98. The van der Waals surface area contributed by atoms with Crippen molar-refractivity contribution in [2.45, 2.75) is 43.6 Å². The monoisotopic (exact) mass is 487 g/mol. The lowest BCUT2D eigenvalue weighted by Gasteiger charge is -2.19. The first-order valence-electron chi connectivity index (χ1n) is 11.1. The molecule has 172 valence electrons. The molecule has 5 aromatic rings. The van der Waals surface area contributed by atoms with Crippen LogP contribution in [-0.4, -0.2) is 24.7 Å². The van der Waals surface area contributed by atoms with E-state index in [9.17, 15) is 4.79 Å². The molecule has 0 aliphatic rings. The summed E-state index contributed by atoms with van der Waals surface area (Å²) in [5.74, 6) is 1.95. The predicted molar refractivity (Wildman–Crippen MR) is 140 cm³/mol. The van der Waals surface area contributed by atoms with E-state index in [1.54, 1.807) is 0 Å². The Bertz CT molecular complexity index is 1480. The lowest BCUT2D eigenvalue weighted by molar-refractivity contribution is 0.590. The molecule has 1 N–H and O–H groups in total. The van der Waals surface area contributed by atoms with E-state index in [0.29, 0.717) is 22.8 Å². The molecule has 0 spiro atoms. The van der Waals surface area contributed by atoms with Crippen molar-refractivity contribution in [3.63, 3.8) is 0 Å². The molecule has 0 unspecified atom stereocenters. The van der Waals surface area contributed by atoms with Gasteiger partial charge < -0.3 is 4.98 Å². The third-order valence-electron chi connectivity index (χ3n) is 5.61. The van der Waals surface area contributed by atoms with Crippen molar-refractivity contribution in [2.75, 3.05) is 0 Å². The molecular formula is C26H25N5OS2. The number of hydrogen-bond donors (Lipinski definition) is 1. The van der Waals surface area contributed by atoms with E-state index in [0.717, 1.165) is 22.1 Å². The highest BCUT2D eigenvalue weighted by Crippen LogP contribution is 2.29. The van der Waals surface area contributed by atoms with Gasteiger partial charge in [-0.25, -0.2) is 4.98 Å². The molecule has 8 heteroatoms. The molecule has 0 bridgehead atoms. The molecule has 0 saturated carbocycles. The Morgan fingerprint density at radius 1 is 1.00 bits per heavy atom. The largest absolute Gasteiger partial charge is 0.309 e. The SMILES string of the molecule is CC(C)(C)c1ccc(-c2nnc(SCc3nc4ccsc4c(=O)[nH]3)n2Cc2ccccc2)cc1. The molecule has 34 heavy (non-hydrogen) atoms. The summed E-state index contributed by atoms with van der Waals surface area (Å²) >= 11 is 2.93. The van der Waals surface area contributed by atoms with Crippen molar-refractivity contribution >= 4 is 33.3 Å². The van der Waals surface area contributed by atoms with Crippen LogP contribution in [0.3, 0.4) is 0 Å². The van der Waals surface area contributed by atoms with Crippen molar-refractivity contribution in [3.8, 4) is 11.4 Å². The van der Waals surface area contributed by atoms with Crippen LogP contribution in [0.2, 0.25) is 0 Å². The maximum atomic E-state index is 12.3. The zero-order valence-electron chi connectivity index (χ0n) is 19.3. The molecule has 6 nitrogen and oxygen atoms in total. The van der Waals surface area contributed by atoms with Crippen molar-refractivity contribution in [1.82, 2.24) is 24.7 Å². The number of rotatable bonds is 6. The number of nitrogens with zero attached hydrogens (tertiary/aromatic N) is 4. The number of aromatic nitrogens is 5. The molecule has 5 rings (SSSR count). The first kappa shape index (κ1) is 22.6. The van der Waals surface area contributed by atoms with Gasteiger partial charge >= 0.3 is 0 Å². The molecule has 0 aliphatic heterocycles. The van der Waals surface area contributed by atoms with Gasteiger partial charge in [0.05, 0.1) is 17.8 Å². The van der Waals surface area contributed by atoms with Gasteiger partial charge in [-0.1, -0.05) is 87.1 Å². The Hall–Kier alpha value is -3.23. The van der Waals surface area contributed by atoms with Gasteiger partial charge in [-0.3, -0.25) is 9.36 Å². The van der Waals surface area contributed by atoms with Crippen molar-refractivity contribution in [3.05, 3.63) is 93.3 Å². The fourth-order valence-corrected chi connectivity index (χ4v) is 5.29. The van der Waals surface area contributed by atoms with Gasteiger partial charge in [0.15, 0.2) is 11.0 Å². The molecule has 2 aromatic carbocycles. The summed E-state index contributed by atoms with van der Waals surface area (Å²) in [5, 5.41) is 11.7. The zero-order valence-corrected chi connectivity index (χ0v) is 20.9. The lowest BCUT2D eigenvalue weighted by Crippen LogP contribution is -2.11. The van der Waals surface area contributed by atoms with Gasteiger partial charge in [0.2, 0.25) is 0 Å². The summed E-state index contributed by atoms with van der Waals surface area (Å²) in [7, 11) is 0. The van der Waals surface area contributed by atoms with Gasteiger partial charge in [-0.05, 0) is 28.0 Å². The van der Waals surface area contributed by atoms with Gasteiger partial charge in [-0.2, -0.15) is 0 Å². The third-order valence-corrected chi connectivity index (χ3v) is 7.49. The summed E-state index contributed by atoms with van der Waals surface area (Å²) in [6.07, 6.45) is 0. The minimum Gasteiger partial charge on any atom is -0.309 e. The third kappa shape index (κ3) is 4.69. The number of nitrogens with one attached hydrogen (secondary N) is 1. The summed E-state index contributed by atoms with van der Waals surface area (Å²) in [4.78, 5) is 19.8. The van der Waals surface area contributed by atoms with E-state index in [-0.39, 0.29) is 11.0 Å². The molecule has 3 aromatic heterocycles. The molecule has 0 aliphatic carbocycles. The summed E-state index contributed by atoms with van der Waals surface area (Å²) in [6, 6.07) is 20.7. The Morgan fingerprint density at radius 2 is 1.76 bits per heavy atom. The van der Waals surface area contributed by atoms with Gasteiger partial charge in [0.25, 0.3) is 5.56 Å². The van der Waals surface area contributed by atoms with Crippen LogP contribution in [-0.2, 0) is 17.7 Å². The number of H-pyrrole nitrogens is 1. The number of hydrogen-bond acceptors (Lipinski definition) is 6. The topological polar surface area (TPSA) is 76.5 Å². The second-order valence-corrected chi connectivity index (χ2v) is 11.0. The molecule has 0 amide bonds. The molecule has 3 heterocycles. The van der Waals surface area contributed by atoms with Crippen LogP contribution in [0.5, 0.6) is 0 Å². The molecule has 0 atom stereocenters. The number of aromatic amines is 1. The van der Waals surface area contributed by atoms with Crippen molar-refractivity contribution in [1.29, 1.82) is 0 Å². The van der Waals surface area contributed by atoms with E-state index in [2.05, 4.69) is 81.9 Å². The fourth-order valence-electron chi connectivity index (χ4n) is 3.76. The maximum Gasteiger partial charge on any atom is 0.268 e. The van der Waals surface area contributed by atoms with E-state index < -0.39 is 0 Å². The lowest BCUT2D eigenvalue weighted by atomic mass is 9.87. The molecular weight excluding hydrogens is 462 g/mol. The number of thioether (sulfide) groups is 1. The highest BCUT2D eigenvalue weighted by Gasteiger charge is 2.18.